The SMILES string of the molecule is Cc1ccc([C@@H](N)[C@@H](O)C2CCCCC2)cc1C.Cl. The highest BCUT2D eigenvalue weighted by atomic mass is 35.5. The fraction of sp³-hybridized carbons (Fsp3) is 0.625. The summed E-state index contributed by atoms with van der Waals surface area (Å²) in [5.41, 5.74) is 9.83. The van der Waals surface area contributed by atoms with Crippen molar-refractivity contribution in [3.05, 3.63) is 34.9 Å². The van der Waals surface area contributed by atoms with E-state index in [1.165, 1.54) is 30.4 Å². The van der Waals surface area contributed by atoms with E-state index in [1.807, 2.05) is 0 Å². The summed E-state index contributed by atoms with van der Waals surface area (Å²) in [4.78, 5) is 0. The molecule has 1 aromatic rings. The van der Waals surface area contributed by atoms with Gasteiger partial charge in [0.1, 0.15) is 0 Å². The Kier molecular flexibility index (Phi) is 6.31. The smallest absolute Gasteiger partial charge is 0.0760 e. The predicted octanol–water partition coefficient (Wildman–Crippen LogP) is 3.67. The number of nitrogens with two attached hydrogens (primary N) is 1. The molecule has 1 aliphatic rings. The highest BCUT2D eigenvalue weighted by Gasteiger charge is 2.27. The van der Waals surface area contributed by atoms with Crippen molar-refractivity contribution in [3.63, 3.8) is 0 Å². The van der Waals surface area contributed by atoms with Crippen LogP contribution in [0.5, 0.6) is 0 Å². The molecule has 0 spiro atoms. The Morgan fingerprint density at radius 3 is 2.32 bits per heavy atom. The third kappa shape index (κ3) is 3.95. The summed E-state index contributed by atoms with van der Waals surface area (Å²) < 4.78 is 0. The minimum atomic E-state index is -0.396. The second-order valence-electron chi connectivity index (χ2n) is 5.76. The molecular formula is C16H26ClNO. The van der Waals surface area contributed by atoms with Crippen molar-refractivity contribution in [3.8, 4) is 0 Å². The van der Waals surface area contributed by atoms with Crippen molar-refractivity contribution in [2.75, 3.05) is 0 Å². The van der Waals surface area contributed by atoms with Crippen molar-refractivity contribution in [1.29, 1.82) is 0 Å². The van der Waals surface area contributed by atoms with Crippen LogP contribution >= 0.6 is 12.4 Å². The maximum atomic E-state index is 10.4. The van der Waals surface area contributed by atoms with Crippen LogP contribution in [-0.2, 0) is 0 Å². The molecule has 19 heavy (non-hydrogen) atoms. The van der Waals surface area contributed by atoms with Gasteiger partial charge >= 0.3 is 0 Å². The van der Waals surface area contributed by atoms with Gasteiger partial charge in [0.05, 0.1) is 12.1 Å². The van der Waals surface area contributed by atoms with Crippen molar-refractivity contribution >= 4 is 12.4 Å². The normalized spacial score (nSPS) is 19.6. The molecule has 3 N–H and O–H groups in total. The average molecular weight is 284 g/mol. The Balaban J connectivity index is 0.00000180. The number of aryl methyl sites for hydroxylation is 2. The van der Waals surface area contributed by atoms with Crippen LogP contribution in [0.1, 0.15) is 54.8 Å². The molecular weight excluding hydrogens is 258 g/mol. The van der Waals surface area contributed by atoms with Crippen LogP contribution in [0.15, 0.2) is 18.2 Å². The Bertz CT molecular complexity index is 402. The van der Waals surface area contributed by atoms with Gasteiger partial charge in [-0.25, -0.2) is 0 Å². The number of hydrogen-bond acceptors (Lipinski definition) is 2. The van der Waals surface area contributed by atoms with E-state index in [4.69, 9.17) is 5.73 Å². The second kappa shape index (κ2) is 7.28. The van der Waals surface area contributed by atoms with Gasteiger partial charge in [0, 0.05) is 0 Å². The van der Waals surface area contributed by atoms with E-state index in [2.05, 4.69) is 32.0 Å². The summed E-state index contributed by atoms with van der Waals surface area (Å²) in [6.07, 6.45) is 5.64. The number of aliphatic hydroxyl groups is 1. The fourth-order valence-electron chi connectivity index (χ4n) is 2.94. The zero-order chi connectivity index (χ0) is 13.1. The average Bonchev–Trinajstić information content (AvgIpc) is 2.41. The number of rotatable bonds is 3. The van der Waals surface area contributed by atoms with E-state index in [0.29, 0.717) is 5.92 Å². The lowest BCUT2D eigenvalue weighted by Gasteiger charge is -2.30. The van der Waals surface area contributed by atoms with Crippen molar-refractivity contribution in [2.45, 2.75) is 58.1 Å². The number of hydrogen-bond donors (Lipinski definition) is 2. The highest BCUT2D eigenvalue weighted by Crippen LogP contribution is 2.31. The van der Waals surface area contributed by atoms with Gasteiger partial charge < -0.3 is 10.8 Å². The summed E-state index contributed by atoms with van der Waals surface area (Å²) in [6, 6.07) is 6.02. The number of aliphatic hydroxyl groups excluding tert-OH is 1. The van der Waals surface area contributed by atoms with Gasteiger partial charge in [-0.05, 0) is 49.3 Å². The van der Waals surface area contributed by atoms with Crippen LogP contribution in [0.2, 0.25) is 0 Å². The minimum absolute atomic E-state index is 0. The van der Waals surface area contributed by atoms with Gasteiger partial charge in [0.2, 0.25) is 0 Å². The third-order valence-corrected chi connectivity index (χ3v) is 4.42. The standard InChI is InChI=1S/C16H25NO.ClH/c1-11-8-9-14(10-12(11)2)15(17)16(18)13-6-4-3-5-7-13;/h8-10,13,15-16,18H,3-7,17H2,1-2H3;1H/t15-,16+;/m1./s1. The van der Waals surface area contributed by atoms with Crippen molar-refractivity contribution in [1.82, 2.24) is 0 Å². The van der Waals surface area contributed by atoms with Crippen molar-refractivity contribution in [2.24, 2.45) is 11.7 Å². The van der Waals surface area contributed by atoms with Crippen LogP contribution in [0, 0.1) is 19.8 Å². The van der Waals surface area contributed by atoms with Crippen LogP contribution in [-0.4, -0.2) is 11.2 Å². The van der Waals surface area contributed by atoms with Gasteiger partial charge in [-0.3, -0.25) is 0 Å². The molecule has 0 aliphatic heterocycles. The summed E-state index contributed by atoms with van der Waals surface area (Å²) in [7, 11) is 0. The van der Waals surface area contributed by atoms with E-state index in [9.17, 15) is 5.11 Å². The summed E-state index contributed by atoms with van der Waals surface area (Å²) >= 11 is 0. The van der Waals surface area contributed by atoms with Gasteiger partial charge in [-0.1, -0.05) is 37.5 Å². The molecule has 0 radical (unpaired) electrons. The quantitative estimate of drug-likeness (QED) is 0.889. The zero-order valence-corrected chi connectivity index (χ0v) is 12.7. The summed E-state index contributed by atoms with van der Waals surface area (Å²) in [5, 5.41) is 10.4. The van der Waals surface area contributed by atoms with Gasteiger partial charge in [0.15, 0.2) is 0 Å². The third-order valence-electron chi connectivity index (χ3n) is 4.42. The molecule has 0 unspecified atom stereocenters. The highest BCUT2D eigenvalue weighted by molar-refractivity contribution is 5.85. The van der Waals surface area contributed by atoms with Gasteiger partial charge in [-0.15, -0.1) is 12.4 Å². The maximum absolute atomic E-state index is 10.4. The van der Waals surface area contributed by atoms with E-state index in [0.717, 1.165) is 18.4 Å². The molecule has 2 atom stereocenters. The topological polar surface area (TPSA) is 46.2 Å². The molecule has 108 valence electrons. The first-order valence-electron chi connectivity index (χ1n) is 7.10. The summed E-state index contributed by atoms with van der Waals surface area (Å²) in [6.45, 7) is 4.20. The van der Waals surface area contributed by atoms with E-state index in [-0.39, 0.29) is 18.4 Å². The Labute approximate surface area is 122 Å². The molecule has 0 bridgehead atoms. The number of halogens is 1. The maximum Gasteiger partial charge on any atom is 0.0760 e. The first-order valence-corrected chi connectivity index (χ1v) is 7.10. The first-order chi connectivity index (χ1) is 8.59. The van der Waals surface area contributed by atoms with Crippen LogP contribution in [0.3, 0.4) is 0 Å². The predicted molar refractivity (Wildman–Crippen MR) is 82.7 cm³/mol. The lowest BCUT2D eigenvalue weighted by molar-refractivity contribution is 0.0618. The lowest BCUT2D eigenvalue weighted by atomic mass is 9.81. The second-order valence-corrected chi connectivity index (χ2v) is 5.76. The molecule has 0 saturated heterocycles. The molecule has 1 aromatic carbocycles. The van der Waals surface area contributed by atoms with Crippen molar-refractivity contribution < 1.29 is 5.11 Å². The van der Waals surface area contributed by atoms with Gasteiger partial charge in [0.25, 0.3) is 0 Å². The van der Waals surface area contributed by atoms with E-state index < -0.39 is 6.10 Å². The molecule has 1 fully saturated rings. The molecule has 1 saturated carbocycles. The largest absolute Gasteiger partial charge is 0.391 e. The molecule has 2 nitrogen and oxygen atoms in total. The van der Waals surface area contributed by atoms with E-state index >= 15 is 0 Å². The number of benzene rings is 1. The Hall–Kier alpha value is -0.570. The molecule has 2 rings (SSSR count). The zero-order valence-electron chi connectivity index (χ0n) is 11.9. The fourth-order valence-corrected chi connectivity index (χ4v) is 2.94. The molecule has 3 heteroatoms. The van der Waals surface area contributed by atoms with Crippen LogP contribution in [0.25, 0.3) is 0 Å². The van der Waals surface area contributed by atoms with Gasteiger partial charge in [-0.2, -0.15) is 0 Å². The van der Waals surface area contributed by atoms with Crippen LogP contribution in [0.4, 0.5) is 0 Å². The van der Waals surface area contributed by atoms with Crippen LogP contribution < -0.4 is 5.73 Å². The Morgan fingerprint density at radius 1 is 1.11 bits per heavy atom. The summed E-state index contributed by atoms with van der Waals surface area (Å²) in [5.74, 6) is 0.385. The Morgan fingerprint density at radius 2 is 1.74 bits per heavy atom. The molecule has 0 heterocycles. The lowest BCUT2D eigenvalue weighted by Crippen LogP contribution is -2.34. The molecule has 1 aliphatic carbocycles. The monoisotopic (exact) mass is 283 g/mol. The van der Waals surface area contributed by atoms with E-state index in [1.54, 1.807) is 0 Å². The molecule has 0 aromatic heterocycles. The minimum Gasteiger partial charge on any atom is -0.391 e. The molecule has 0 amide bonds. The first kappa shape index (κ1) is 16.5.